The number of hydrogen-bond donors (Lipinski definition) is 3. The number of amides is 4. The molecule has 0 aromatic heterocycles. The minimum absolute atomic E-state index is 0. The Morgan fingerprint density at radius 3 is 1.91 bits per heavy atom. The second-order valence-electron chi connectivity index (χ2n) is 1.79. The van der Waals surface area contributed by atoms with E-state index < -0.39 is 23.9 Å². The first-order valence-corrected chi connectivity index (χ1v) is 2.52. The summed E-state index contributed by atoms with van der Waals surface area (Å²) < 4.78 is 0. The Morgan fingerprint density at radius 1 is 1.18 bits per heavy atom. The molecule has 4 N–H and O–H groups in total. The third kappa shape index (κ3) is 2.26. The van der Waals surface area contributed by atoms with Gasteiger partial charge in [-0.1, -0.05) is 0 Å². The molecule has 11 heavy (non-hydrogen) atoms. The molecule has 4 amide bonds. The van der Waals surface area contributed by atoms with Crippen molar-refractivity contribution in [3.63, 3.8) is 0 Å². The van der Waals surface area contributed by atoms with Crippen LogP contribution in [0.4, 0.5) is 4.79 Å². The Hall–Kier alpha value is -0.430. The average Bonchev–Trinajstić information content (AvgIpc) is 1.82. The van der Waals surface area contributed by atoms with E-state index in [0.717, 1.165) is 0 Å². The molecule has 0 aliphatic carbocycles. The van der Waals surface area contributed by atoms with Gasteiger partial charge in [-0.15, -0.1) is 0 Å². The van der Waals surface area contributed by atoms with Crippen molar-refractivity contribution >= 4 is 17.8 Å². The first-order valence-electron chi connectivity index (χ1n) is 2.52. The number of imide groups is 2. The van der Waals surface area contributed by atoms with Crippen molar-refractivity contribution in [2.75, 3.05) is 0 Å². The van der Waals surface area contributed by atoms with Crippen LogP contribution in [0.15, 0.2) is 0 Å². The molecule has 1 aliphatic heterocycles. The van der Waals surface area contributed by atoms with Gasteiger partial charge in [0.05, 0.1) is 0 Å². The van der Waals surface area contributed by atoms with E-state index in [2.05, 4.69) is 0 Å². The molecule has 0 bridgehead atoms. The summed E-state index contributed by atoms with van der Waals surface area (Å²) in [6, 6.07) is -2.09. The quantitative estimate of drug-likeness (QED) is 0.248. The molecule has 1 fully saturated rings. The molecule has 0 aromatic carbocycles. The van der Waals surface area contributed by atoms with Crippen LogP contribution < -0.4 is 45.9 Å². The number of hydrogen-bond acceptors (Lipinski definition) is 4. The Kier molecular flexibility index (Phi) is 3.67. The van der Waals surface area contributed by atoms with Gasteiger partial charge in [0.2, 0.25) is 0 Å². The predicted octanol–water partition coefficient (Wildman–Crippen LogP) is -5.20. The van der Waals surface area contributed by atoms with Crippen molar-refractivity contribution in [3.05, 3.63) is 0 Å². The molecule has 1 rings (SSSR count). The average molecular weight is 167 g/mol. The van der Waals surface area contributed by atoms with Crippen LogP contribution >= 0.6 is 0 Å². The molecule has 1 saturated heterocycles. The summed E-state index contributed by atoms with van der Waals surface area (Å²) in [6.45, 7) is 0. The molecule has 7 heteroatoms. The van der Waals surface area contributed by atoms with Gasteiger partial charge < -0.3 is 7.16 Å². The van der Waals surface area contributed by atoms with E-state index in [4.69, 9.17) is 5.73 Å². The molecule has 0 saturated carbocycles. The van der Waals surface area contributed by atoms with E-state index in [1.165, 1.54) is 0 Å². The Labute approximate surface area is 85.7 Å². The third-order valence-electron chi connectivity index (χ3n) is 1.04. The van der Waals surface area contributed by atoms with Crippen molar-refractivity contribution in [1.82, 2.24) is 10.6 Å². The van der Waals surface area contributed by atoms with Crippen LogP contribution in [0.2, 0.25) is 0 Å². The van der Waals surface area contributed by atoms with Crippen LogP contribution in [-0.4, -0.2) is 23.9 Å². The summed E-state index contributed by atoms with van der Waals surface area (Å²) in [7, 11) is 0. The van der Waals surface area contributed by atoms with Crippen LogP contribution in [0.1, 0.15) is 1.43 Å². The molecule has 0 radical (unpaired) electrons. The Balaban J connectivity index is 0. The van der Waals surface area contributed by atoms with E-state index in [1.54, 1.807) is 0 Å². The predicted molar refractivity (Wildman–Crippen MR) is 30.8 cm³/mol. The maximum atomic E-state index is 10.5. The largest absolute Gasteiger partial charge is 1.00 e. The van der Waals surface area contributed by atoms with Gasteiger partial charge in [0, 0.05) is 0 Å². The fourth-order valence-electron chi connectivity index (χ4n) is 0.530. The number of barbiturate groups is 1. The topological polar surface area (TPSA) is 101 Å². The van der Waals surface area contributed by atoms with Gasteiger partial charge in [-0.05, 0) is 0 Å². The molecule has 0 aromatic rings. The molecule has 0 unspecified atom stereocenters. The number of carbonyl (C=O) groups excluding carboxylic acids is 3. The first-order chi connectivity index (χ1) is 4.61. The van der Waals surface area contributed by atoms with Crippen molar-refractivity contribution in [2.24, 2.45) is 5.73 Å². The minimum atomic E-state index is -1.27. The van der Waals surface area contributed by atoms with Crippen LogP contribution in [0.5, 0.6) is 0 Å². The van der Waals surface area contributed by atoms with Crippen LogP contribution in [0.3, 0.4) is 0 Å². The molecule has 1 heterocycles. The monoisotopic (exact) mass is 167 g/mol. The fraction of sp³-hybridized carbons (Fsp3) is 0.250. The van der Waals surface area contributed by atoms with Gasteiger partial charge in [0.1, 0.15) is 0 Å². The second-order valence-corrected chi connectivity index (χ2v) is 1.79. The standard InChI is InChI=1S/C4H5N3O3.Na.H/c5-1-2(8)6-4(10)7-3(1)9;;/h1H,5H2,(H2,6,7,8,9,10);;/q;+1;-1. The summed E-state index contributed by atoms with van der Waals surface area (Å²) in [6.07, 6.45) is 0. The van der Waals surface area contributed by atoms with E-state index in [0.29, 0.717) is 0 Å². The summed E-state index contributed by atoms with van der Waals surface area (Å²) in [4.78, 5) is 31.3. The van der Waals surface area contributed by atoms with E-state index in [1.807, 2.05) is 10.6 Å². The van der Waals surface area contributed by atoms with Crippen LogP contribution in [-0.2, 0) is 9.59 Å². The van der Waals surface area contributed by atoms with Gasteiger partial charge in [0.15, 0.2) is 6.04 Å². The van der Waals surface area contributed by atoms with E-state index >= 15 is 0 Å². The first kappa shape index (κ1) is 10.6. The maximum Gasteiger partial charge on any atom is 1.00 e. The molecule has 0 atom stereocenters. The van der Waals surface area contributed by atoms with E-state index in [-0.39, 0.29) is 31.0 Å². The Morgan fingerprint density at radius 2 is 1.55 bits per heavy atom. The molecule has 6 nitrogen and oxygen atoms in total. The third-order valence-corrected chi connectivity index (χ3v) is 1.04. The molecule has 0 spiro atoms. The number of carbonyl (C=O) groups is 3. The number of rotatable bonds is 0. The number of nitrogens with two attached hydrogens (primary N) is 1. The summed E-state index contributed by atoms with van der Waals surface area (Å²) in [5.41, 5.74) is 5.01. The zero-order chi connectivity index (χ0) is 7.72. The number of nitrogens with one attached hydrogen (secondary N) is 2. The minimum Gasteiger partial charge on any atom is -1.00 e. The van der Waals surface area contributed by atoms with Gasteiger partial charge >= 0.3 is 35.6 Å². The zero-order valence-electron chi connectivity index (χ0n) is 6.88. The smallest absolute Gasteiger partial charge is 1.00 e. The van der Waals surface area contributed by atoms with E-state index in [9.17, 15) is 14.4 Å². The summed E-state index contributed by atoms with van der Waals surface area (Å²) >= 11 is 0. The molecular weight excluding hydrogens is 161 g/mol. The SMILES string of the molecule is NC1C(=O)NC(=O)NC1=O.[H-].[Na+]. The van der Waals surface area contributed by atoms with Crippen LogP contribution in [0, 0.1) is 0 Å². The van der Waals surface area contributed by atoms with Gasteiger partial charge in [-0.25, -0.2) is 4.79 Å². The molecule has 1 aliphatic rings. The fourth-order valence-corrected chi connectivity index (χ4v) is 0.530. The van der Waals surface area contributed by atoms with Crippen LogP contribution in [0.25, 0.3) is 0 Å². The van der Waals surface area contributed by atoms with Crippen molar-refractivity contribution < 1.29 is 45.4 Å². The van der Waals surface area contributed by atoms with Crippen molar-refractivity contribution in [1.29, 1.82) is 0 Å². The molecule has 56 valence electrons. The second kappa shape index (κ2) is 3.82. The van der Waals surface area contributed by atoms with Crippen molar-refractivity contribution in [3.8, 4) is 0 Å². The summed E-state index contributed by atoms with van der Waals surface area (Å²) in [5, 5.41) is 3.65. The Bertz CT molecular complexity index is 202. The van der Waals surface area contributed by atoms with Crippen molar-refractivity contribution in [2.45, 2.75) is 6.04 Å². The normalized spacial score (nSPS) is 18.5. The zero-order valence-corrected chi connectivity index (χ0v) is 7.88. The summed E-state index contributed by atoms with van der Waals surface area (Å²) in [5.74, 6) is -1.54. The number of urea groups is 1. The van der Waals surface area contributed by atoms with Gasteiger partial charge in [-0.2, -0.15) is 0 Å². The van der Waals surface area contributed by atoms with Gasteiger partial charge in [-0.3, -0.25) is 20.2 Å². The van der Waals surface area contributed by atoms with Gasteiger partial charge in [0.25, 0.3) is 11.8 Å². The maximum absolute atomic E-state index is 10.5. The molecular formula is C4H6N3NaO3.